The summed E-state index contributed by atoms with van der Waals surface area (Å²) in [7, 11) is -4.09. The second-order valence-electron chi connectivity index (χ2n) is 4.43. The van der Waals surface area contributed by atoms with Crippen molar-refractivity contribution in [1.82, 2.24) is 4.72 Å². The van der Waals surface area contributed by atoms with Crippen molar-refractivity contribution >= 4 is 15.8 Å². The molecular weight excluding hydrogens is 295 g/mol. The van der Waals surface area contributed by atoms with E-state index in [0.717, 1.165) is 13.0 Å². The minimum atomic E-state index is -4.46. The van der Waals surface area contributed by atoms with E-state index in [1.165, 1.54) is 25.1 Å². The molecule has 1 unspecified atom stereocenters. The summed E-state index contributed by atoms with van der Waals surface area (Å²) >= 11 is 0. The zero-order valence-electron chi connectivity index (χ0n) is 10.9. The van der Waals surface area contributed by atoms with Gasteiger partial charge in [-0.2, -0.15) is 13.2 Å². The number of ketones is 1. The highest BCUT2D eigenvalue weighted by atomic mass is 32.2. The van der Waals surface area contributed by atoms with Gasteiger partial charge in [-0.25, -0.2) is 13.1 Å². The van der Waals surface area contributed by atoms with E-state index < -0.39 is 28.7 Å². The molecule has 0 aliphatic rings. The fourth-order valence-electron chi connectivity index (χ4n) is 1.60. The van der Waals surface area contributed by atoms with Crippen molar-refractivity contribution < 1.29 is 26.4 Å². The van der Waals surface area contributed by atoms with Crippen molar-refractivity contribution in [1.29, 1.82) is 0 Å². The Morgan fingerprint density at radius 1 is 1.35 bits per heavy atom. The van der Waals surface area contributed by atoms with Crippen LogP contribution >= 0.6 is 0 Å². The van der Waals surface area contributed by atoms with Gasteiger partial charge in [-0.15, -0.1) is 0 Å². The van der Waals surface area contributed by atoms with Crippen LogP contribution < -0.4 is 4.72 Å². The SMILES string of the molecule is CC(=O)c1cccc(S(=O)(=O)NC(C)CC(F)(F)F)c1. The third-order valence-electron chi connectivity index (χ3n) is 2.44. The number of alkyl halides is 3. The monoisotopic (exact) mass is 309 g/mol. The number of benzene rings is 1. The van der Waals surface area contributed by atoms with Gasteiger partial charge in [0.05, 0.1) is 11.3 Å². The Morgan fingerprint density at radius 2 is 1.95 bits per heavy atom. The summed E-state index contributed by atoms with van der Waals surface area (Å²) in [5.74, 6) is -0.328. The molecule has 1 N–H and O–H groups in total. The van der Waals surface area contributed by atoms with Gasteiger partial charge in [0.25, 0.3) is 0 Å². The molecule has 0 bridgehead atoms. The Kier molecular flexibility index (Phi) is 4.93. The maximum absolute atomic E-state index is 12.2. The number of carbonyl (C=O) groups excluding carboxylic acids is 1. The van der Waals surface area contributed by atoms with Gasteiger partial charge in [-0.1, -0.05) is 12.1 Å². The van der Waals surface area contributed by atoms with Crippen LogP contribution in [0.5, 0.6) is 0 Å². The molecule has 0 heterocycles. The molecule has 0 radical (unpaired) electrons. The van der Waals surface area contributed by atoms with Crippen LogP contribution in [0.2, 0.25) is 0 Å². The van der Waals surface area contributed by atoms with Crippen LogP contribution in [0.15, 0.2) is 29.2 Å². The summed E-state index contributed by atoms with van der Waals surface area (Å²) in [4.78, 5) is 10.9. The molecule has 112 valence electrons. The number of sulfonamides is 1. The number of carbonyl (C=O) groups is 1. The first kappa shape index (κ1) is 16.6. The van der Waals surface area contributed by atoms with Crippen molar-refractivity contribution in [2.24, 2.45) is 0 Å². The van der Waals surface area contributed by atoms with Crippen LogP contribution in [0.4, 0.5) is 13.2 Å². The van der Waals surface area contributed by atoms with Gasteiger partial charge in [0.2, 0.25) is 10.0 Å². The molecule has 20 heavy (non-hydrogen) atoms. The third-order valence-corrected chi connectivity index (χ3v) is 4.03. The number of Topliss-reactive ketones (excluding diaryl/α,β-unsaturated/α-hetero) is 1. The van der Waals surface area contributed by atoms with Crippen LogP contribution in [-0.4, -0.2) is 26.4 Å². The summed E-state index contributed by atoms with van der Waals surface area (Å²) in [5.41, 5.74) is 0.177. The molecule has 0 aromatic heterocycles. The Labute approximate surface area is 115 Å². The Balaban J connectivity index is 2.94. The third kappa shape index (κ3) is 4.93. The quantitative estimate of drug-likeness (QED) is 0.850. The number of rotatable bonds is 5. The molecule has 1 aromatic rings. The van der Waals surface area contributed by atoms with E-state index in [4.69, 9.17) is 0 Å². The molecule has 0 saturated carbocycles. The summed E-state index contributed by atoms with van der Waals surface area (Å²) in [5, 5.41) is 0. The molecule has 0 aliphatic heterocycles. The first-order chi connectivity index (χ1) is 9.01. The van der Waals surface area contributed by atoms with E-state index in [9.17, 15) is 26.4 Å². The first-order valence-corrected chi connectivity index (χ1v) is 7.20. The molecule has 1 aromatic carbocycles. The van der Waals surface area contributed by atoms with Gasteiger partial charge in [0, 0.05) is 11.6 Å². The standard InChI is InChI=1S/C12H14F3NO3S/c1-8(7-12(13,14)15)16-20(18,19)11-5-3-4-10(6-11)9(2)17/h3-6,8,16H,7H2,1-2H3. The lowest BCUT2D eigenvalue weighted by molar-refractivity contribution is -0.137. The predicted octanol–water partition coefficient (Wildman–Crippen LogP) is 2.51. The molecule has 0 amide bonds. The molecule has 4 nitrogen and oxygen atoms in total. The van der Waals surface area contributed by atoms with Crippen molar-refractivity contribution in [3.05, 3.63) is 29.8 Å². The lowest BCUT2D eigenvalue weighted by Crippen LogP contribution is -2.36. The Morgan fingerprint density at radius 3 is 2.45 bits per heavy atom. The minimum absolute atomic E-state index is 0.177. The van der Waals surface area contributed by atoms with Gasteiger partial charge in [0.1, 0.15) is 0 Å². The van der Waals surface area contributed by atoms with E-state index in [-0.39, 0.29) is 16.2 Å². The van der Waals surface area contributed by atoms with Crippen molar-refractivity contribution in [3.8, 4) is 0 Å². The molecule has 0 aliphatic carbocycles. The second-order valence-corrected chi connectivity index (χ2v) is 6.14. The van der Waals surface area contributed by atoms with Gasteiger partial charge in [-0.3, -0.25) is 4.79 Å². The average Bonchev–Trinajstić information content (AvgIpc) is 2.25. The van der Waals surface area contributed by atoms with E-state index in [0.29, 0.717) is 0 Å². The zero-order valence-corrected chi connectivity index (χ0v) is 11.7. The van der Waals surface area contributed by atoms with Crippen LogP contribution in [0.3, 0.4) is 0 Å². The lowest BCUT2D eigenvalue weighted by atomic mass is 10.2. The van der Waals surface area contributed by atoms with E-state index in [1.54, 1.807) is 0 Å². The second kappa shape index (κ2) is 5.92. The maximum atomic E-state index is 12.2. The molecule has 1 atom stereocenters. The maximum Gasteiger partial charge on any atom is 0.390 e. The van der Waals surface area contributed by atoms with Crippen LogP contribution in [0.1, 0.15) is 30.6 Å². The fraction of sp³-hybridized carbons (Fsp3) is 0.417. The van der Waals surface area contributed by atoms with E-state index in [1.807, 2.05) is 4.72 Å². The highest BCUT2D eigenvalue weighted by molar-refractivity contribution is 7.89. The summed E-state index contributed by atoms with van der Waals surface area (Å²) < 4.78 is 62.3. The zero-order chi connectivity index (χ0) is 15.6. The van der Waals surface area contributed by atoms with Crippen molar-refractivity contribution in [2.75, 3.05) is 0 Å². The number of hydrogen-bond acceptors (Lipinski definition) is 3. The smallest absolute Gasteiger partial charge is 0.295 e. The normalized spacial score (nSPS) is 14.1. The lowest BCUT2D eigenvalue weighted by Gasteiger charge is -2.16. The predicted molar refractivity (Wildman–Crippen MR) is 66.9 cm³/mol. The number of halogens is 3. The van der Waals surface area contributed by atoms with Crippen LogP contribution in [0, 0.1) is 0 Å². The Bertz CT molecular complexity index is 596. The molecule has 0 saturated heterocycles. The molecule has 8 heteroatoms. The van der Waals surface area contributed by atoms with Gasteiger partial charge in [0.15, 0.2) is 5.78 Å². The highest BCUT2D eigenvalue weighted by Crippen LogP contribution is 2.22. The first-order valence-electron chi connectivity index (χ1n) is 5.71. The molecule has 0 spiro atoms. The molecule has 1 rings (SSSR count). The minimum Gasteiger partial charge on any atom is -0.295 e. The van der Waals surface area contributed by atoms with Crippen molar-refractivity contribution in [3.63, 3.8) is 0 Å². The van der Waals surface area contributed by atoms with Gasteiger partial charge >= 0.3 is 6.18 Å². The summed E-state index contributed by atoms with van der Waals surface area (Å²) in [6.07, 6.45) is -5.72. The summed E-state index contributed by atoms with van der Waals surface area (Å²) in [6, 6.07) is 3.85. The molecule has 0 fully saturated rings. The van der Waals surface area contributed by atoms with Crippen LogP contribution in [-0.2, 0) is 10.0 Å². The Hall–Kier alpha value is -1.41. The fourth-order valence-corrected chi connectivity index (χ4v) is 2.89. The average molecular weight is 309 g/mol. The number of hydrogen-bond donors (Lipinski definition) is 1. The summed E-state index contributed by atoms with van der Waals surface area (Å²) in [6.45, 7) is 2.39. The number of nitrogens with one attached hydrogen (secondary N) is 1. The van der Waals surface area contributed by atoms with E-state index >= 15 is 0 Å². The topological polar surface area (TPSA) is 63.2 Å². The molecular formula is C12H14F3NO3S. The van der Waals surface area contributed by atoms with Gasteiger partial charge < -0.3 is 0 Å². The van der Waals surface area contributed by atoms with Gasteiger partial charge in [-0.05, 0) is 26.0 Å². The largest absolute Gasteiger partial charge is 0.390 e. The van der Waals surface area contributed by atoms with Crippen LogP contribution in [0.25, 0.3) is 0 Å². The van der Waals surface area contributed by atoms with Crippen molar-refractivity contribution in [2.45, 2.75) is 37.4 Å². The van der Waals surface area contributed by atoms with E-state index in [2.05, 4.69) is 0 Å². The highest BCUT2D eigenvalue weighted by Gasteiger charge is 2.32.